The van der Waals surface area contributed by atoms with Crippen molar-refractivity contribution in [2.45, 2.75) is 33.7 Å². The summed E-state index contributed by atoms with van der Waals surface area (Å²) in [5, 5.41) is 11.6. The molecule has 176 valence electrons. The Morgan fingerprint density at radius 3 is 2.34 bits per heavy atom. The lowest BCUT2D eigenvalue weighted by molar-refractivity contribution is -0.606. The number of nitrogens with zero attached hydrogens (tertiary/aromatic N) is 4. The Morgan fingerprint density at radius 2 is 1.63 bits per heavy atom. The van der Waals surface area contributed by atoms with Gasteiger partial charge in [-0.1, -0.05) is 29.3 Å². The Bertz CT molecular complexity index is 1750. The molecule has 5 rings (SSSR count). The number of hydrogen-bond acceptors (Lipinski definition) is 8. The minimum atomic E-state index is -4.32. The van der Waals surface area contributed by atoms with Crippen LogP contribution in [0.5, 0.6) is 0 Å². The first-order valence-corrected chi connectivity index (χ1v) is 13.4. The summed E-state index contributed by atoms with van der Waals surface area (Å²) in [5.74, 6) is 0. The maximum absolute atomic E-state index is 13.7. The Morgan fingerprint density at radius 1 is 0.914 bits per heavy atom. The maximum atomic E-state index is 13.7. The van der Waals surface area contributed by atoms with E-state index in [1.165, 1.54) is 36.5 Å². The van der Waals surface area contributed by atoms with E-state index in [9.17, 15) is 22.0 Å². The van der Waals surface area contributed by atoms with Crippen molar-refractivity contribution in [1.29, 1.82) is 0 Å². The van der Waals surface area contributed by atoms with Gasteiger partial charge in [-0.15, -0.1) is 0 Å². The van der Waals surface area contributed by atoms with Crippen molar-refractivity contribution in [1.82, 2.24) is 9.97 Å². The normalized spacial score (nSPS) is 14.4. The van der Waals surface area contributed by atoms with Crippen LogP contribution in [0.3, 0.4) is 0 Å². The topological polar surface area (TPSA) is 133 Å². The SMILES string of the molecule is Cc1ccc(S(=O)(=O)c2ncnc3c2N=C(c2cccc[n+]2[O-])c2cc(C)ccc2S3(=O)=O)cc1. The van der Waals surface area contributed by atoms with Gasteiger partial charge in [0.2, 0.25) is 25.4 Å². The third kappa shape index (κ3) is 3.69. The van der Waals surface area contributed by atoms with Crippen molar-refractivity contribution in [3.63, 3.8) is 0 Å². The number of pyridine rings is 1. The van der Waals surface area contributed by atoms with Gasteiger partial charge >= 0.3 is 0 Å². The highest BCUT2D eigenvalue weighted by Gasteiger charge is 2.37. The summed E-state index contributed by atoms with van der Waals surface area (Å²) in [6, 6.07) is 15.3. The molecular formula is C24H18N4O5S2. The number of benzene rings is 2. The van der Waals surface area contributed by atoms with Gasteiger partial charge in [-0.25, -0.2) is 31.8 Å². The van der Waals surface area contributed by atoms with Gasteiger partial charge in [0, 0.05) is 17.7 Å². The van der Waals surface area contributed by atoms with Crippen LogP contribution in [-0.2, 0) is 19.7 Å². The lowest BCUT2D eigenvalue weighted by Gasteiger charge is -2.10. The highest BCUT2D eigenvalue weighted by Crippen LogP contribution is 2.39. The second-order valence-corrected chi connectivity index (χ2v) is 11.7. The highest BCUT2D eigenvalue weighted by molar-refractivity contribution is 7.92. The van der Waals surface area contributed by atoms with Crippen LogP contribution >= 0.6 is 0 Å². The van der Waals surface area contributed by atoms with E-state index in [-0.39, 0.29) is 26.8 Å². The molecule has 35 heavy (non-hydrogen) atoms. The molecule has 4 aromatic rings. The van der Waals surface area contributed by atoms with E-state index in [1.54, 1.807) is 37.3 Å². The van der Waals surface area contributed by atoms with E-state index < -0.39 is 35.4 Å². The van der Waals surface area contributed by atoms with Crippen LogP contribution in [0.25, 0.3) is 0 Å². The zero-order valence-electron chi connectivity index (χ0n) is 18.6. The zero-order chi connectivity index (χ0) is 25.0. The van der Waals surface area contributed by atoms with Crippen molar-refractivity contribution in [3.05, 3.63) is 101 Å². The summed E-state index contributed by atoms with van der Waals surface area (Å²) in [6.45, 7) is 3.58. The minimum Gasteiger partial charge on any atom is -0.618 e. The fourth-order valence-electron chi connectivity index (χ4n) is 3.81. The Kier molecular flexibility index (Phi) is 5.26. The number of sulfone groups is 2. The molecule has 0 fully saturated rings. The fraction of sp³-hybridized carbons (Fsp3) is 0.0833. The number of hydrogen-bond donors (Lipinski definition) is 0. The van der Waals surface area contributed by atoms with Crippen molar-refractivity contribution >= 4 is 31.1 Å². The number of rotatable bonds is 3. The first kappa shape index (κ1) is 22.8. The van der Waals surface area contributed by atoms with Gasteiger partial charge < -0.3 is 5.21 Å². The molecule has 0 aliphatic carbocycles. The molecule has 1 aliphatic heterocycles. The van der Waals surface area contributed by atoms with Gasteiger partial charge in [0.25, 0.3) is 0 Å². The van der Waals surface area contributed by atoms with Crippen LogP contribution in [-0.4, -0.2) is 32.5 Å². The molecule has 0 saturated heterocycles. The Labute approximate surface area is 201 Å². The molecule has 0 atom stereocenters. The summed E-state index contributed by atoms with van der Waals surface area (Å²) in [5.41, 5.74) is 1.34. The molecule has 0 saturated carbocycles. The maximum Gasteiger partial charge on any atom is 0.243 e. The Balaban J connectivity index is 1.91. The van der Waals surface area contributed by atoms with E-state index in [0.717, 1.165) is 17.5 Å². The molecule has 2 aromatic carbocycles. The highest BCUT2D eigenvalue weighted by atomic mass is 32.2. The van der Waals surface area contributed by atoms with Crippen LogP contribution in [0.2, 0.25) is 0 Å². The van der Waals surface area contributed by atoms with Gasteiger partial charge in [-0.3, -0.25) is 0 Å². The molecule has 1 aliphatic rings. The third-order valence-corrected chi connectivity index (χ3v) is 9.01. The van der Waals surface area contributed by atoms with Crippen LogP contribution < -0.4 is 4.73 Å². The average molecular weight is 507 g/mol. The van der Waals surface area contributed by atoms with Gasteiger partial charge in [-0.05, 0) is 44.2 Å². The standard InChI is InChI=1S/C24H18N4O5S2/c1-15-6-9-17(10-7-15)34(30,31)23-22-24(26-14-25-23)35(32,33)20-11-8-16(2)13-18(20)21(27-22)19-5-3-4-12-28(19)29/h3-14H,1-2H3. The van der Waals surface area contributed by atoms with Gasteiger partial charge in [-0.2, -0.15) is 4.73 Å². The van der Waals surface area contributed by atoms with E-state index in [0.29, 0.717) is 4.73 Å². The van der Waals surface area contributed by atoms with E-state index >= 15 is 0 Å². The van der Waals surface area contributed by atoms with E-state index in [2.05, 4.69) is 15.0 Å². The first-order chi connectivity index (χ1) is 16.6. The molecule has 0 unspecified atom stereocenters. The largest absolute Gasteiger partial charge is 0.618 e. The molecule has 2 aromatic heterocycles. The van der Waals surface area contributed by atoms with Gasteiger partial charge in [0.05, 0.1) is 9.79 Å². The van der Waals surface area contributed by atoms with Crippen molar-refractivity contribution in [2.24, 2.45) is 4.99 Å². The smallest absolute Gasteiger partial charge is 0.243 e. The van der Waals surface area contributed by atoms with Crippen LogP contribution in [0.4, 0.5) is 5.69 Å². The van der Waals surface area contributed by atoms with Crippen molar-refractivity contribution in [3.8, 4) is 0 Å². The molecule has 3 heterocycles. The Hall–Kier alpha value is -3.96. The van der Waals surface area contributed by atoms with E-state index in [1.807, 2.05) is 6.92 Å². The van der Waals surface area contributed by atoms with Crippen LogP contribution in [0.1, 0.15) is 22.4 Å². The lowest BCUT2D eigenvalue weighted by atomic mass is 10.0. The third-order valence-electron chi connectivity index (χ3n) is 5.57. The predicted molar refractivity (Wildman–Crippen MR) is 126 cm³/mol. The number of aromatic nitrogens is 3. The molecule has 0 radical (unpaired) electrons. The monoisotopic (exact) mass is 506 g/mol. The average Bonchev–Trinajstić information content (AvgIpc) is 2.92. The lowest BCUT2D eigenvalue weighted by Crippen LogP contribution is -2.34. The zero-order valence-corrected chi connectivity index (χ0v) is 20.2. The number of aliphatic imine (C=N–C) groups is 1. The van der Waals surface area contributed by atoms with Crippen molar-refractivity contribution in [2.75, 3.05) is 0 Å². The first-order valence-electron chi connectivity index (χ1n) is 10.4. The summed E-state index contributed by atoms with van der Waals surface area (Å²) in [4.78, 5) is 12.1. The molecule has 0 bridgehead atoms. The second-order valence-electron chi connectivity index (χ2n) is 8.02. The molecule has 0 N–H and O–H groups in total. The molecular weight excluding hydrogens is 488 g/mol. The van der Waals surface area contributed by atoms with Gasteiger partial charge in [0.15, 0.2) is 16.2 Å². The summed E-state index contributed by atoms with van der Waals surface area (Å²) >= 11 is 0. The summed E-state index contributed by atoms with van der Waals surface area (Å²) in [6.07, 6.45) is 2.14. The second kappa shape index (κ2) is 8.07. The van der Waals surface area contributed by atoms with E-state index in [4.69, 9.17) is 0 Å². The molecule has 0 spiro atoms. The number of fused-ring (bicyclic) bond motifs is 2. The minimum absolute atomic E-state index is 0.00298. The summed E-state index contributed by atoms with van der Waals surface area (Å²) in [7, 11) is -8.60. The fourth-order valence-corrected chi connectivity index (χ4v) is 6.66. The molecule has 11 heteroatoms. The van der Waals surface area contributed by atoms with Gasteiger partial charge in [0.1, 0.15) is 17.7 Å². The quantitative estimate of drug-likeness (QED) is 0.209. The van der Waals surface area contributed by atoms with Crippen LogP contribution in [0, 0.1) is 19.1 Å². The summed E-state index contributed by atoms with van der Waals surface area (Å²) < 4.78 is 55.1. The van der Waals surface area contributed by atoms with Crippen molar-refractivity contribution < 1.29 is 21.6 Å². The molecule has 9 nitrogen and oxygen atoms in total. The number of aryl methyl sites for hydroxylation is 2. The van der Waals surface area contributed by atoms with Crippen LogP contribution in [0.15, 0.2) is 98.0 Å². The predicted octanol–water partition coefficient (Wildman–Crippen LogP) is 2.87. The molecule has 0 amide bonds.